The van der Waals surface area contributed by atoms with Gasteiger partial charge in [0.05, 0.1) is 16.4 Å². The third kappa shape index (κ3) is 4.62. The van der Waals surface area contributed by atoms with E-state index in [1.165, 1.54) is 6.92 Å². The van der Waals surface area contributed by atoms with Gasteiger partial charge < -0.3 is 9.15 Å². The van der Waals surface area contributed by atoms with Gasteiger partial charge in [-0.3, -0.25) is 4.79 Å². The number of ether oxygens (including phenoxy) is 1. The summed E-state index contributed by atoms with van der Waals surface area (Å²) in [5.74, 6) is -0.122. The number of esters is 1. The van der Waals surface area contributed by atoms with Crippen molar-refractivity contribution in [2.75, 3.05) is 0 Å². The lowest BCUT2D eigenvalue weighted by atomic mass is 10.1. The standard InChI is InChI=1S/C23H19Cl3N4O3/c1-12-19(21-27-28-22(32-21)23(3,4)33-13(2)31)29-30(18-10-9-16(25)11-17(18)26)20(12)14-5-7-15(24)8-6-14/h5-11H,1-4H3. The molecule has 0 saturated heterocycles. The van der Waals surface area contributed by atoms with Crippen LogP contribution in [0.5, 0.6) is 0 Å². The maximum absolute atomic E-state index is 11.4. The average molecular weight is 506 g/mol. The summed E-state index contributed by atoms with van der Waals surface area (Å²) in [6.45, 7) is 6.56. The minimum Gasteiger partial charge on any atom is -0.450 e. The van der Waals surface area contributed by atoms with E-state index in [1.54, 1.807) is 48.9 Å². The molecule has 10 heteroatoms. The van der Waals surface area contributed by atoms with E-state index in [-0.39, 0.29) is 11.8 Å². The van der Waals surface area contributed by atoms with Crippen molar-refractivity contribution in [3.63, 3.8) is 0 Å². The zero-order valence-electron chi connectivity index (χ0n) is 18.2. The van der Waals surface area contributed by atoms with Gasteiger partial charge >= 0.3 is 5.97 Å². The molecule has 7 nitrogen and oxygen atoms in total. The van der Waals surface area contributed by atoms with Gasteiger partial charge in [-0.1, -0.05) is 46.9 Å². The Morgan fingerprint density at radius 1 is 1.03 bits per heavy atom. The zero-order chi connectivity index (χ0) is 23.9. The lowest BCUT2D eigenvalue weighted by molar-refractivity contribution is -0.156. The number of nitrogens with zero attached hydrogens (tertiary/aromatic N) is 4. The fraction of sp³-hybridized carbons (Fsp3) is 0.217. The van der Waals surface area contributed by atoms with Crippen LogP contribution in [0.15, 0.2) is 46.9 Å². The number of halogens is 3. The Hall–Kier alpha value is -2.87. The van der Waals surface area contributed by atoms with Crippen molar-refractivity contribution < 1.29 is 13.9 Å². The molecule has 0 fully saturated rings. The van der Waals surface area contributed by atoms with Gasteiger partial charge in [-0.05, 0) is 51.1 Å². The molecule has 0 atom stereocenters. The summed E-state index contributed by atoms with van der Waals surface area (Å²) in [5.41, 5.74) is 2.41. The Labute approximate surface area is 205 Å². The van der Waals surface area contributed by atoms with Crippen molar-refractivity contribution >= 4 is 40.8 Å². The van der Waals surface area contributed by atoms with Gasteiger partial charge in [0.2, 0.25) is 0 Å². The van der Waals surface area contributed by atoms with Crippen LogP contribution in [-0.2, 0) is 15.1 Å². The summed E-state index contributed by atoms with van der Waals surface area (Å²) in [6.07, 6.45) is 0. The molecule has 4 rings (SSSR count). The van der Waals surface area contributed by atoms with Crippen LogP contribution in [0.2, 0.25) is 15.1 Å². The molecule has 0 unspecified atom stereocenters. The van der Waals surface area contributed by atoms with Crippen LogP contribution < -0.4 is 0 Å². The highest BCUT2D eigenvalue weighted by Gasteiger charge is 2.32. The van der Waals surface area contributed by atoms with E-state index in [0.29, 0.717) is 26.4 Å². The first-order valence-corrected chi connectivity index (χ1v) is 11.0. The smallest absolute Gasteiger partial charge is 0.303 e. The highest BCUT2D eigenvalue weighted by molar-refractivity contribution is 6.35. The molecule has 2 aromatic heterocycles. The molecule has 0 saturated carbocycles. The van der Waals surface area contributed by atoms with Gasteiger partial charge in [0, 0.05) is 28.1 Å². The molecule has 0 bridgehead atoms. The Morgan fingerprint density at radius 3 is 2.33 bits per heavy atom. The minimum absolute atomic E-state index is 0.152. The van der Waals surface area contributed by atoms with Gasteiger partial charge in [0.1, 0.15) is 0 Å². The zero-order valence-corrected chi connectivity index (χ0v) is 20.5. The number of aromatic nitrogens is 4. The van der Waals surface area contributed by atoms with Gasteiger partial charge in [-0.25, -0.2) is 4.68 Å². The molecule has 0 amide bonds. The highest BCUT2D eigenvalue weighted by Crippen LogP contribution is 2.37. The summed E-state index contributed by atoms with van der Waals surface area (Å²) in [4.78, 5) is 11.4. The van der Waals surface area contributed by atoms with Crippen LogP contribution in [0.1, 0.15) is 32.2 Å². The summed E-state index contributed by atoms with van der Waals surface area (Å²) in [5, 5.41) is 14.5. The highest BCUT2D eigenvalue weighted by atomic mass is 35.5. The molecule has 4 aromatic rings. The van der Waals surface area contributed by atoms with Crippen molar-refractivity contribution in [3.8, 4) is 28.5 Å². The summed E-state index contributed by atoms with van der Waals surface area (Å²) < 4.78 is 12.9. The lowest BCUT2D eigenvalue weighted by Gasteiger charge is -2.19. The molecule has 0 aliphatic heterocycles. The van der Waals surface area contributed by atoms with Crippen molar-refractivity contribution in [2.24, 2.45) is 0 Å². The Balaban J connectivity index is 1.89. The van der Waals surface area contributed by atoms with E-state index in [9.17, 15) is 4.79 Å². The first-order valence-electron chi connectivity index (χ1n) is 9.92. The third-order valence-electron chi connectivity index (χ3n) is 4.92. The van der Waals surface area contributed by atoms with E-state index in [0.717, 1.165) is 16.8 Å². The summed E-state index contributed by atoms with van der Waals surface area (Å²) >= 11 is 18.7. The number of hydrogen-bond acceptors (Lipinski definition) is 6. The van der Waals surface area contributed by atoms with E-state index >= 15 is 0 Å². The van der Waals surface area contributed by atoms with Crippen LogP contribution >= 0.6 is 34.8 Å². The molecular weight excluding hydrogens is 487 g/mol. The largest absolute Gasteiger partial charge is 0.450 e. The average Bonchev–Trinajstić information content (AvgIpc) is 3.33. The van der Waals surface area contributed by atoms with Gasteiger partial charge in [-0.15, -0.1) is 10.2 Å². The normalized spacial score (nSPS) is 11.6. The third-order valence-corrected chi connectivity index (χ3v) is 5.71. The van der Waals surface area contributed by atoms with Crippen LogP contribution in [0, 0.1) is 6.92 Å². The van der Waals surface area contributed by atoms with Crippen LogP contribution in [-0.4, -0.2) is 25.9 Å². The van der Waals surface area contributed by atoms with Crippen molar-refractivity contribution in [1.29, 1.82) is 0 Å². The van der Waals surface area contributed by atoms with E-state index in [4.69, 9.17) is 49.1 Å². The fourth-order valence-electron chi connectivity index (χ4n) is 3.44. The predicted molar refractivity (Wildman–Crippen MR) is 127 cm³/mol. The molecule has 0 aliphatic rings. The number of carbonyl (C=O) groups is 1. The van der Waals surface area contributed by atoms with Crippen molar-refractivity contribution in [1.82, 2.24) is 20.0 Å². The molecule has 0 N–H and O–H groups in total. The lowest BCUT2D eigenvalue weighted by Crippen LogP contribution is -2.24. The first-order chi connectivity index (χ1) is 15.6. The van der Waals surface area contributed by atoms with Gasteiger partial charge in [-0.2, -0.15) is 5.10 Å². The second kappa shape index (κ2) is 8.82. The van der Waals surface area contributed by atoms with E-state index < -0.39 is 11.6 Å². The Bertz CT molecular complexity index is 1340. The molecule has 2 heterocycles. The van der Waals surface area contributed by atoms with E-state index in [2.05, 4.69) is 10.2 Å². The quantitative estimate of drug-likeness (QED) is 0.282. The second-order valence-corrected chi connectivity index (χ2v) is 9.13. The Kier molecular flexibility index (Phi) is 6.22. The SMILES string of the molecule is CC(=O)OC(C)(C)c1nnc(-c2nn(-c3ccc(Cl)cc3Cl)c(-c3ccc(Cl)cc3)c2C)o1. The topological polar surface area (TPSA) is 83.0 Å². The predicted octanol–water partition coefficient (Wildman–Crippen LogP) is 6.66. The van der Waals surface area contributed by atoms with Crippen LogP contribution in [0.4, 0.5) is 0 Å². The number of benzene rings is 2. The van der Waals surface area contributed by atoms with Gasteiger partial charge in [0.25, 0.3) is 11.8 Å². The van der Waals surface area contributed by atoms with Crippen LogP contribution in [0.25, 0.3) is 28.5 Å². The fourth-order valence-corrected chi connectivity index (χ4v) is 4.05. The molecule has 33 heavy (non-hydrogen) atoms. The van der Waals surface area contributed by atoms with Crippen LogP contribution in [0.3, 0.4) is 0 Å². The molecule has 0 radical (unpaired) electrons. The maximum atomic E-state index is 11.4. The molecular formula is C23H19Cl3N4O3. The molecule has 2 aromatic carbocycles. The number of rotatable bonds is 5. The number of carbonyl (C=O) groups excluding carboxylic acids is 1. The second-order valence-electron chi connectivity index (χ2n) is 7.85. The number of hydrogen-bond donors (Lipinski definition) is 0. The van der Waals surface area contributed by atoms with Crippen molar-refractivity contribution in [2.45, 2.75) is 33.3 Å². The summed E-state index contributed by atoms with van der Waals surface area (Å²) in [6, 6.07) is 12.5. The summed E-state index contributed by atoms with van der Waals surface area (Å²) in [7, 11) is 0. The monoisotopic (exact) mass is 504 g/mol. The van der Waals surface area contributed by atoms with E-state index in [1.807, 2.05) is 19.1 Å². The van der Waals surface area contributed by atoms with Crippen molar-refractivity contribution in [3.05, 3.63) is 69.0 Å². The van der Waals surface area contributed by atoms with Gasteiger partial charge in [0.15, 0.2) is 11.3 Å². The minimum atomic E-state index is -1.09. The Morgan fingerprint density at radius 2 is 1.70 bits per heavy atom. The molecule has 0 aliphatic carbocycles. The first kappa shape index (κ1) is 23.3. The molecule has 170 valence electrons. The maximum Gasteiger partial charge on any atom is 0.303 e. The molecule has 0 spiro atoms.